The first-order valence-corrected chi connectivity index (χ1v) is 12.6. The van der Waals surface area contributed by atoms with Crippen molar-refractivity contribution >= 4 is 107 Å². The van der Waals surface area contributed by atoms with Crippen LogP contribution in [0.25, 0.3) is 75.4 Å². The summed E-state index contributed by atoms with van der Waals surface area (Å²) in [6, 6.07) is 24.2. The zero-order chi connectivity index (χ0) is 22.9. The van der Waals surface area contributed by atoms with Gasteiger partial charge in [-0.25, -0.2) is 0 Å². The van der Waals surface area contributed by atoms with E-state index in [0.29, 0.717) is 10.8 Å². The molecule has 0 atom stereocenters. The molecule has 34 heavy (non-hydrogen) atoms. The Labute approximate surface area is 208 Å². The van der Waals surface area contributed by atoms with E-state index in [-0.39, 0.29) is 10.9 Å². The average Bonchev–Trinajstić information content (AvgIpc) is 2.86. The molecule has 2 nitrogen and oxygen atoms in total. The van der Waals surface area contributed by atoms with Crippen LogP contribution in [0.3, 0.4) is 0 Å². The molecule has 0 fully saturated rings. The van der Waals surface area contributed by atoms with Crippen molar-refractivity contribution in [1.82, 2.24) is 0 Å². The van der Waals surface area contributed by atoms with Gasteiger partial charge < -0.3 is 0 Å². The topological polar surface area (TPSA) is 34.1 Å². The second-order valence-corrected chi connectivity index (χ2v) is 10.7. The molecule has 8 rings (SSSR count). The molecule has 0 aliphatic rings. The first-order valence-electron chi connectivity index (χ1n) is 11.0. The van der Waals surface area contributed by atoms with Crippen LogP contribution in [-0.4, -0.2) is 0 Å². The van der Waals surface area contributed by atoms with E-state index in [4.69, 9.17) is 0 Å². The molecule has 8 aromatic carbocycles. The minimum atomic E-state index is 0.0163. The van der Waals surface area contributed by atoms with Crippen molar-refractivity contribution in [3.05, 3.63) is 102 Å². The molecule has 0 amide bonds. The summed E-state index contributed by atoms with van der Waals surface area (Å²) >= 11 is 7.19. The Morgan fingerprint density at radius 3 is 1.68 bits per heavy atom. The molecule has 8 aromatic rings. The van der Waals surface area contributed by atoms with E-state index in [2.05, 4.69) is 56.1 Å². The average molecular weight is 564 g/mol. The number of halogens is 2. The van der Waals surface area contributed by atoms with Crippen LogP contribution in [0.4, 0.5) is 0 Å². The van der Waals surface area contributed by atoms with E-state index >= 15 is 0 Å². The third kappa shape index (κ3) is 2.08. The monoisotopic (exact) mass is 562 g/mol. The Morgan fingerprint density at radius 2 is 1.00 bits per heavy atom. The maximum absolute atomic E-state index is 13.7. The lowest BCUT2D eigenvalue weighted by Gasteiger charge is -2.19. The van der Waals surface area contributed by atoms with E-state index in [1.54, 1.807) is 0 Å². The van der Waals surface area contributed by atoms with E-state index in [9.17, 15) is 9.59 Å². The van der Waals surface area contributed by atoms with Gasteiger partial charge in [0.1, 0.15) is 0 Å². The first-order chi connectivity index (χ1) is 16.5. The van der Waals surface area contributed by atoms with Gasteiger partial charge >= 0.3 is 0 Å². The van der Waals surface area contributed by atoms with Crippen LogP contribution in [0, 0.1) is 0 Å². The predicted molar refractivity (Wildman–Crippen MR) is 150 cm³/mol. The fourth-order valence-corrected chi connectivity index (χ4v) is 6.88. The van der Waals surface area contributed by atoms with Gasteiger partial charge in [-0.15, -0.1) is 0 Å². The van der Waals surface area contributed by atoms with Crippen molar-refractivity contribution < 1.29 is 0 Å². The van der Waals surface area contributed by atoms with Crippen LogP contribution < -0.4 is 10.9 Å². The molecule has 0 bridgehead atoms. The highest BCUT2D eigenvalue weighted by Crippen LogP contribution is 2.46. The van der Waals surface area contributed by atoms with Gasteiger partial charge in [0.05, 0.1) is 0 Å². The van der Waals surface area contributed by atoms with Crippen molar-refractivity contribution in [3.63, 3.8) is 0 Å². The zero-order valence-corrected chi connectivity index (χ0v) is 20.7. The molecule has 0 spiro atoms. The summed E-state index contributed by atoms with van der Waals surface area (Å²) in [5.74, 6) is 0. The molecule has 0 radical (unpaired) electrons. The van der Waals surface area contributed by atoms with Gasteiger partial charge in [-0.05, 0) is 105 Å². The minimum absolute atomic E-state index is 0.0163. The summed E-state index contributed by atoms with van der Waals surface area (Å²) in [6.07, 6.45) is 0. The maximum atomic E-state index is 13.7. The second-order valence-electron chi connectivity index (χ2n) is 9.01. The Bertz CT molecular complexity index is 2290. The van der Waals surface area contributed by atoms with Crippen LogP contribution in [0.1, 0.15) is 0 Å². The molecule has 158 valence electrons. The SMILES string of the molecule is O=c1c2ccccc2c2cc3ccc4c(=O)c5c(Br)c(Br)ccc5c5cc6ccc1c2c6c3c45. The molecule has 0 saturated carbocycles. The Balaban J connectivity index is 1.78. The van der Waals surface area contributed by atoms with Crippen molar-refractivity contribution in [2.45, 2.75) is 0 Å². The van der Waals surface area contributed by atoms with Gasteiger partial charge in [-0.2, -0.15) is 0 Å². The lowest BCUT2D eigenvalue weighted by Crippen LogP contribution is -2.06. The fraction of sp³-hybridized carbons (Fsp3) is 0. The Hall–Kier alpha value is -3.34. The summed E-state index contributed by atoms with van der Waals surface area (Å²) in [7, 11) is 0. The first kappa shape index (κ1) is 19.0. The number of rotatable bonds is 0. The van der Waals surface area contributed by atoms with Gasteiger partial charge in [-0.3, -0.25) is 9.59 Å². The quantitative estimate of drug-likeness (QED) is 0.137. The molecule has 0 N–H and O–H groups in total. The van der Waals surface area contributed by atoms with Gasteiger partial charge in [0.2, 0.25) is 0 Å². The summed E-state index contributed by atoms with van der Waals surface area (Å²) in [6.45, 7) is 0. The molecule has 0 heterocycles. The molecule has 0 aliphatic heterocycles. The summed E-state index contributed by atoms with van der Waals surface area (Å²) in [5, 5.41) is 13.2. The normalized spacial score (nSPS) is 12.6. The van der Waals surface area contributed by atoms with Crippen LogP contribution in [0.5, 0.6) is 0 Å². The van der Waals surface area contributed by atoms with Crippen molar-refractivity contribution in [1.29, 1.82) is 0 Å². The van der Waals surface area contributed by atoms with E-state index in [1.165, 1.54) is 0 Å². The molecule has 0 saturated heterocycles. The highest BCUT2D eigenvalue weighted by atomic mass is 79.9. The van der Waals surface area contributed by atoms with Crippen molar-refractivity contribution in [2.75, 3.05) is 0 Å². The second kappa shape index (κ2) is 6.21. The predicted octanol–water partition coefficient (Wildman–Crippen LogP) is 8.32. The van der Waals surface area contributed by atoms with Gasteiger partial charge in [-0.1, -0.05) is 42.5 Å². The van der Waals surface area contributed by atoms with Gasteiger partial charge in [0.25, 0.3) is 0 Å². The third-order valence-electron chi connectivity index (χ3n) is 7.43. The van der Waals surface area contributed by atoms with Crippen molar-refractivity contribution in [2.24, 2.45) is 0 Å². The highest BCUT2D eigenvalue weighted by Gasteiger charge is 2.22. The number of hydrogen-bond donors (Lipinski definition) is 0. The molecular weight excluding hydrogens is 552 g/mol. The Morgan fingerprint density at radius 1 is 0.441 bits per heavy atom. The fourth-order valence-electron chi connectivity index (χ4n) is 6.03. The summed E-state index contributed by atoms with van der Waals surface area (Å²) in [4.78, 5) is 27.2. The van der Waals surface area contributed by atoms with E-state index in [1.807, 2.05) is 48.5 Å². The van der Waals surface area contributed by atoms with Crippen LogP contribution in [0.2, 0.25) is 0 Å². The molecule has 0 unspecified atom stereocenters. The lowest BCUT2D eigenvalue weighted by atomic mass is 9.84. The standard InChI is InChI=1S/C30H12Br2O2/c31-22-10-9-16-21-12-14-5-7-18-25-20(15-3-1-2-4-17(15)29(18)33)11-13-6-8-19(26(21)24(13)23(14)25)30(34)27(16)28(22)32/h1-12H. The van der Waals surface area contributed by atoms with Crippen LogP contribution >= 0.6 is 31.9 Å². The van der Waals surface area contributed by atoms with Gasteiger partial charge in [0.15, 0.2) is 10.9 Å². The highest BCUT2D eigenvalue weighted by molar-refractivity contribution is 9.13. The zero-order valence-electron chi connectivity index (χ0n) is 17.5. The number of hydrogen-bond acceptors (Lipinski definition) is 2. The molecule has 0 aliphatic carbocycles. The molecular formula is C30H12Br2O2. The minimum Gasteiger partial charge on any atom is -0.289 e. The smallest absolute Gasteiger partial charge is 0.195 e. The lowest BCUT2D eigenvalue weighted by molar-refractivity contribution is 1.65. The van der Waals surface area contributed by atoms with Crippen LogP contribution in [0.15, 0.2) is 91.3 Å². The summed E-state index contributed by atoms with van der Waals surface area (Å²) in [5.41, 5.74) is 0.0753. The number of fused-ring (bicyclic) bond motifs is 4. The van der Waals surface area contributed by atoms with Crippen molar-refractivity contribution in [3.8, 4) is 0 Å². The Kier molecular flexibility index (Phi) is 3.47. The van der Waals surface area contributed by atoms with Gasteiger partial charge in [0, 0.05) is 41.3 Å². The third-order valence-corrected chi connectivity index (χ3v) is 9.44. The largest absolute Gasteiger partial charge is 0.289 e. The summed E-state index contributed by atoms with van der Waals surface area (Å²) < 4.78 is 1.64. The molecule has 0 aromatic heterocycles. The van der Waals surface area contributed by atoms with E-state index in [0.717, 1.165) is 73.6 Å². The maximum Gasteiger partial charge on any atom is 0.195 e. The number of benzene rings is 8. The molecule has 4 heteroatoms. The van der Waals surface area contributed by atoms with E-state index < -0.39 is 0 Å². The van der Waals surface area contributed by atoms with Crippen LogP contribution in [-0.2, 0) is 0 Å².